The van der Waals surface area contributed by atoms with Gasteiger partial charge in [0.05, 0.1) is 6.04 Å². The molecular formula is C21H32ClN3O4S. The fraction of sp³-hybridized carbons (Fsp3) is 0.476. The van der Waals surface area contributed by atoms with Crippen LogP contribution in [0.15, 0.2) is 47.6 Å². The third kappa shape index (κ3) is 10.8. The van der Waals surface area contributed by atoms with E-state index in [1.807, 2.05) is 0 Å². The van der Waals surface area contributed by atoms with Gasteiger partial charge in [-0.25, -0.2) is 0 Å². The number of carboxylic acid groups (broad SMARTS) is 1. The van der Waals surface area contributed by atoms with Crippen molar-refractivity contribution in [2.45, 2.75) is 31.1 Å². The van der Waals surface area contributed by atoms with Gasteiger partial charge in [-0.2, -0.15) is 11.8 Å². The molecule has 0 saturated carbocycles. The van der Waals surface area contributed by atoms with Crippen LogP contribution in [0.4, 0.5) is 0 Å². The lowest BCUT2D eigenvalue weighted by molar-refractivity contribution is -0.138. The van der Waals surface area contributed by atoms with Crippen LogP contribution >= 0.6 is 23.4 Å². The molecule has 0 spiro atoms. The number of hydrogen-bond donors (Lipinski definition) is 3. The van der Waals surface area contributed by atoms with Crippen molar-refractivity contribution in [1.82, 2.24) is 10.2 Å². The topological polar surface area (TPSA) is 113 Å². The molecule has 1 rings (SSSR count). The molecule has 1 fully saturated rings. The summed E-state index contributed by atoms with van der Waals surface area (Å²) in [5.74, 6) is -1.49. The number of hydrogen-bond acceptors (Lipinski definition) is 6. The van der Waals surface area contributed by atoms with Crippen LogP contribution in [0.5, 0.6) is 0 Å². The summed E-state index contributed by atoms with van der Waals surface area (Å²) in [7, 11) is 0. The molecular weight excluding hydrogens is 426 g/mol. The first-order valence-corrected chi connectivity index (χ1v) is 11.2. The average molecular weight is 458 g/mol. The number of likely N-dealkylation sites (tertiary alicyclic amines) is 1. The maximum Gasteiger partial charge on any atom is 0.322 e. The first-order chi connectivity index (χ1) is 14.2. The van der Waals surface area contributed by atoms with Gasteiger partial charge in [-0.1, -0.05) is 43.8 Å². The molecule has 1 aliphatic heterocycles. The summed E-state index contributed by atoms with van der Waals surface area (Å²) in [6, 6.07) is -0.602. The minimum atomic E-state index is -1.07. The summed E-state index contributed by atoms with van der Waals surface area (Å²) in [5, 5.41) is 11.4. The van der Waals surface area contributed by atoms with Gasteiger partial charge in [0.25, 0.3) is 0 Å². The summed E-state index contributed by atoms with van der Waals surface area (Å²) in [4.78, 5) is 33.7. The molecule has 0 radical (unpaired) electrons. The van der Waals surface area contributed by atoms with Crippen LogP contribution in [0.3, 0.4) is 0 Å². The van der Waals surface area contributed by atoms with Crippen molar-refractivity contribution in [2.24, 2.45) is 5.73 Å². The highest BCUT2D eigenvalue weighted by molar-refractivity contribution is 7.99. The third-order valence-corrected chi connectivity index (χ3v) is 5.92. The summed E-state index contributed by atoms with van der Waals surface area (Å²) >= 11 is 7.90. The number of nitrogens with zero attached hydrogens (tertiary/aromatic N) is 1. The molecule has 1 heterocycles. The van der Waals surface area contributed by atoms with Crippen molar-refractivity contribution in [3.05, 3.63) is 47.6 Å². The lowest BCUT2D eigenvalue weighted by Crippen LogP contribution is -2.42. The molecule has 0 aliphatic carbocycles. The van der Waals surface area contributed by atoms with E-state index in [9.17, 15) is 14.4 Å². The fourth-order valence-corrected chi connectivity index (χ4v) is 3.60. The molecule has 0 aromatic rings. The molecule has 1 aliphatic rings. The molecule has 1 saturated heterocycles. The number of aliphatic carboxylic acids is 1. The van der Waals surface area contributed by atoms with E-state index >= 15 is 0 Å². The van der Waals surface area contributed by atoms with Crippen molar-refractivity contribution >= 4 is 41.5 Å². The predicted molar refractivity (Wildman–Crippen MR) is 125 cm³/mol. The van der Waals surface area contributed by atoms with Gasteiger partial charge in [0, 0.05) is 29.9 Å². The summed E-state index contributed by atoms with van der Waals surface area (Å²) in [5.41, 5.74) is 7.46. The van der Waals surface area contributed by atoms with Gasteiger partial charge in [0.15, 0.2) is 0 Å². The molecule has 2 unspecified atom stereocenters. The molecule has 0 bridgehead atoms. The van der Waals surface area contributed by atoms with Crippen molar-refractivity contribution < 1.29 is 19.5 Å². The minimum Gasteiger partial charge on any atom is -0.480 e. The van der Waals surface area contributed by atoms with Gasteiger partial charge in [-0.05, 0) is 36.3 Å². The second-order valence-electron chi connectivity index (χ2n) is 6.51. The van der Waals surface area contributed by atoms with Crippen molar-refractivity contribution in [3.63, 3.8) is 0 Å². The molecule has 9 heteroatoms. The third-order valence-electron chi connectivity index (χ3n) is 4.41. The van der Waals surface area contributed by atoms with Crippen molar-refractivity contribution in [2.75, 3.05) is 32.4 Å². The minimum absolute atomic E-state index is 0.369. The molecule has 0 aromatic heterocycles. The monoisotopic (exact) mass is 457 g/mol. The Morgan fingerprint density at radius 3 is 2.57 bits per heavy atom. The first-order valence-electron chi connectivity index (χ1n) is 9.51. The number of aldehydes is 1. The zero-order valence-corrected chi connectivity index (χ0v) is 19.2. The van der Waals surface area contributed by atoms with E-state index in [1.54, 1.807) is 36.9 Å². The van der Waals surface area contributed by atoms with E-state index in [-0.39, 0.29) is 6.54 Å². The maximum absolute atomic E-state index is 10.8. The number of rotatable bonds is 10. The number of nitrogens with one attached hydrogen (secondary N) is 1. The smallest absolute Gasteiger partial charge is 0.322 e. The number of halogens is 1. The number of allylic oxidation sites excluding steroid dienone is 3. The molecule has 30 heavy (non-hydrogen) atoms. The fourth-order valence-electron chi connectivity index (χ4n) is 2.66. The van der Waals surface area contributed by atoms with Gasteiger partial charge < -0.3 is 16.2 Å². The van der Waals surface area contributed by atoms with Crippen LogP contribution in [0, 0.1) is 0 Å². The molecule has 7 nitrogen and oxygen atoms in total. The normalized spacial score (nSPS) is 19.6. The predicted octanol–water partition coefficient (Wildman–Crippen LogP) is 2.34. The van der Waals surface area contributed by atoms with Gasteiger partial charge in [-0.15, -0.1) is 0 Å². The average Bonchev–Trinajstić information content (AvgIpc) is 2.75. The molecule has 1 amide bonds. The van der Waals surface area contributed by atoms with Crippen LogP contribution < -0.4 is 11.1 Å². The van der Waals surface area contributed by atoms with E-state index in [0.29, 0.717) is 16.7 Å². The number of carbonyl (C=O) groups is 3. The summed E-state index contributed by atoms with van der Waals surface area (Å²) in [6.07, 6.45) is 9.62. The van der Waals surface area contributed by atoms with Crippen LogP contribution in [0.25, 0.3) is 0 Å². The summed E-state index contributed by atoms with van der Waals surface area (Å²) in [6.45, 7) is 11.4. The Hall–Kier alpha value is -1.87. The number of carboxylic acids is 1. The molecule has 168 valence electrons. The standard InChI is InChI=1S/C15H20ClNOS.C6H12N2O3/c1-4-12(14(16)5-2)10-17-8-6-15(19-3)13(11-17)7-9-18;1-2-4(7)6(11)8-3-5(9)10/h4-5,7,9,15H,1-2,6,8,10-11H2,3H3;4H,2-3,7H2,1H3,(H,8,11)(H,9,10)/b13-7-,14-12-;. The van der Waals surface area contributed by atoms with Gasteiger partial charge in [0.1, 0.15) is 12.8 Å². The first kappa shape index (κ1) is 28.1. The molecule has 4 N–H and O–H groups in total. The highest BCUT2D eigenvalue weighted by atomic mass is 35.5. The van der Waals surface area contributed by atoms with E-state index in [4.69, 9.17) is 22.4 Å². The Labute approximate surface area is 188 Å². The number of piperidine rings is 1. The summed E-state index contributed by atoms with van der Waals surface area (Å²) < 4.78 is 0. The number of amides is 1. The SMILES string of the molecule is C=C/C(Cl)=C(\C=C)CN1CCC(SC)/C(=C\C=O)C1.CCC(N)C(=O)NCC(=O)O. The largest absolute Gasteiger partial charge is 0.480 e. The Balaban J connectivity index is 0.000000654. The highest BCUT2D eigenvalue weighted by Crippen LogP contribution is 2.27. The van der Waals surface area contributed by atoms with Crippen LogP contribution in [-0.2, 0) is 14.4 Å². The Bertz CT molecular complexity index is 679. The molecule has 2 atom stereocenters. The zero-order valence-electron chi connectivity index (χ0n) is 17.6. The van der Waals surface area contributed by atoms with E-state index in [1.165, 1.54) is 5.57 Å². The Kier molecular flexibility index (Phi) is 14.9. The second kappa shape index (κ2) is 15.9. The Morgan fingerprint density at radius 1 is 1.43 bits per heavy atom. The van der Waals surface area contributed by atoms with E-state index in [0.717, 1.165) is 37.9 Å². The van der Waals surface area contributed by atoms with Crippen molar-refractivity contribution in [3.8, 4) is 0 Å². The van der Waals surface area contributed by atoms with Gasteiger partial charge in [-0.3, -0.25) is 19.3 Å². The lowest BCUT2D eigenvalue weighted by Gasteiger charge is -2.33. The maximum atomic E-state index is 10.8. The van der Waals surface area contributed by atoms with Gasteiger partial charge in [0.2, 0.25) is 5.91 Å². The number of thioether (sulfide) groups is 1. The number of nitrogens with two attached hydrogens (primary N) is 1. The highest BCUT2D eigenvalue weighted by Gasteiger charge is 2.23. The lowest BCUT2D eigenvalue weighted by atomic mass is 10.0. The van der Waals surface area contributed by atoms with Crippen LogP contribution in [-0.4, -0.2) is 71.9 Å². The second-order valence-corrected chi connectivity index (χ2v) is 7.96. The zero-order chi connectivity index (χ0) is 23.1. The molecule has 0 aromatic carbocycles. The van der Waals surface area contributed by atoms with Crippen molar-refractivity contribution in [1.29, 1.82) is 0 Å². The quantitative estimate of drug-likeness (QED) is 0.262. The van der Waals surface area contributed by atoms with Crippen LogP contribution in [0.1, 0.15) is 19.8 Å². The van der Waals surface area contributed by atoms with E-state index in [2.05, 4.69) is 29.6 Å². The number of carbonyl (C=O) groups excluding carboxylic acids is 2. The van der Waals surface area contributed by atoms with E-state index < -0.39 is 17.9 Å². The Morgan fingerprint density at radius 2 is 2.10 bits per heavy atom. The van der Waals surface area contributed by atoms with Crippen LogP contribution in [0.2, 0.25) is 0 Å². The van der Waals surface area contributed by atoms with Gasteiger partial charge >= 0.3 is 5.97 Å².